The lowest BCUT2D eigenvalue weighted by Crippen LogP contribution is -2.32. The third-order valence-electron chi connectivity index (χ3n) is 10.5. The molecule has 0 amide bonds. The van der Waals surface area contributed by atoms with Crippen molar-refractivity contribution in [3.8, 4) is 67.5 Å². The molecule has 0 fully saturated rings. The molecule has 1 aliphatic carbocycles. The van der Waals surface area contributed by atoms with Gasteiger partial charge in [0.25, 0.3) is 0 Å². The summed E-state index contributed by atoms with van der Waals surface area (Å²) in [4.78, 5) is 14.5. The molecule has 0 N–H and O–H groups in total. The Kier molecular flexibility index (Phi) is 6.80. The molecule has 0 unspecified atom stereocenters. The number of fused-ring (bicyclic) bond motifs is 9. The van der Waals surface area contributed by atoms with E-state index in [9.17, 15) is 0 Å². The molecule has 0 saturated carbocycles. The van der Waals surface area contributed by atoms with Crippen LogP contribution in [0.5, 0.6) is 11.5 Å². The first kappa shape index (κ1) is 30.2. The minimum atomic E-state index is -0.583. The highest BCUT2D eigenvalue weighted by molar-refractivity contribution is 5.97. The van der Waals surface area contributed by atoms with Gasteiger partial charge in [-0.25, -0.2) is 9.97 Å². The van der Waals surface area contributed by atoms with E-state index in [2.05, 4.69) is 145 Å². The first-order valence-corrected chi connectivity index (χ1v) is 17.7. The molecule has 0 bridgehead atoms. The fourth-order valence-corrected chi connectivity index (χ4v) is 8.34. The van der Waals surface area contributed by atoms with E-state index in [0.717, 1.165) is 67.4 Å². The molecular formula is C48H33N3O. The fourth-order valence-electron chi connectivity index (χ4n) is 8.34. The smallest absolute Gasteiger partial charge is 0.160 e. The normalized spacial score (nSPS) is 13.1. The lowest BCUT2D eigenvalue weighted by Gasteiger charge is -2.39. The third kappa shape index (κ3) is 4.58. The number of para-hydroxylation sites is 2. The van der Waals surface area contributed by atoms with Gasteiger partial charge in [0.05, 0.1) is 11.1 Å². The monoisotopic (exact) mass is 667 g/mol. The van der Waals surface area contributed by atoms with Crippen LogP contribution < -0.4 is 4.74 Å². The van der Waals surface area contributed by atoms with E-state index < -0.39 is 5.41 Å². The first-order valence-electron chi connectivity index (χ1n) is 17.7. The maximum Gasteiger partial charge on any atom is 0.160 e. The second kappa shape index (κ2) is 11.7. The molecule has 2 aromatic heterocycles. The predicted molar refractivity (Wildman–Crippen MR) is 208 cm³/mol. The van der Waals surface area contributed by atoms with E-state index in [4.69, 9.17) is 14.7 Å². The second-order valence-electron chi connectivity index (χ2n) is 13.7. The molecular weight excluding hydrogens is 635 g/mol. The quantitative estimate of drug-likeness (QED) is 0.187. The van der Waals surface area contributed by atoms with Crippen LogP contribution in [-0.4, -0.2) is 15.0 Å². The Morgan fingerprint density at radius 3 is 1.88 bits per heavy atom. The summed E-state index contributed by atoms with van der Waals surface area (Å²) in [7, 11) is 0. The van der Waals surface area contributed by atoms with Crippen LogP contribution in [0.4, 0.5) is 0 Å². The van der Waals surface area contributed by atoms with E-state index in [1.54, 1.807) is 0 Å². The van der Waals surface area contributed by atoms with Crippen LogP contribution in [0.25, 0.3) is 56.0 Å². The van der Waals surface area contributed by atoms with Crippen molar-refractivity contribution < 1.29 is 4.74 Å². The molecule has 0 saturated heterocycles. The van der Waals surface area contributed by atoms with Crippen LogP contribution in [0.15, 0.2) is 164 Å². The number of ether oxygens (including phenoxy) is 1. The van der Waals surface area contributed by atoms with Gasteiger partial charge in [0.1, 0.15) is 11.5 Å². The van der Waals surface area contributed by atoms with Gasteiger partial charge in [0.2, 0.25) is 0 Å². The number of pyridine rings is 1. The van der Waals surface area contributed by atoms with Crippen molar-refractivity contribution in [1.82, 2.24) is 15.0 Å². The highest BCUT2D eigenvalue weighted by Crippen LogP contribution is 2.63. The molecule has 2 aliphatic rings. The van der Waals surface area contributed by atoms with E-state index in [1.807, 2.05) is 37.5 Å². The minimum absolute atomic E-state index is 0.583. The highest BCUT2D eigenvalue weighted by atomic mass is 16.5. The van der Waals surface area contributed by atoms with Gasteiger partial charge >= 0.3 is 0 Å². The van der Waals surface area contributed by atoms with Gasteiger partial charge in [-0.05, 0) is 88.7 Å². The number of benzene rings is 6. The minimum Gasteiger partial charge on any atom is -0.457 e. The molecule has 1 aliphatic heterocycles. The number of hydrogen-bond donors (Lipinski definition) is 0. The Morgan fingerprint density at radius 2 is 1.13 bits per heavy atom. The molecule has 10 rings (SSSR count). The van der Waals surface area contributed by atoms with Gasteiger partial charge in [-0.3, -0.25) is 4.98 Å². The number of hydrogen-bond acceptors (Lipinski definition) is 4. The molecule has 6 aromatic carbocycles. The van der Waals surface area contributed by atoms with Crippen LogP contribution in [0, 0.1) is 13.8 Å². The zero-order valence-electron chi connectivity index (χ0n) is 28.8. The molecule has 52 heavy (non-hydrogen) atoms. The molecule has 0 atom stereocenters. The number of aryl methyl sites for hydroxylation is 2. The van der Waals surface area contributed by atoms with Gasteiger partial charge in [-0.15, -0.1) is 0 Å². The molecule has 8 aromatic rings. The van der Waals surface area contributed by atoms with E-state index in [-0.39, 0.29) is 0 Å². The van der Waals surface area contributed by atoms with Crippen LogP contribution in [0.1, 0.15) is 33.5 Å². The van der Waals surface area contributed by atoms with Crippen molar-refractivity contribution in [3.63, 3.8) is 0 Å². The molecule has 1 spiro atoms. The van der Waals surface area contributed by atoms with Crippen molar-refractivity contribution in [2.75, 3.05) is 0 Å². The lowest BCUT2D eigenvalue weighted by atomic mass is 9.66. The van der Waals surface area contributed by atoms with Crippen LogP contribution in [0.3, 0.4) is 0 Å². The fraction of sp³-hybridized carbons (Fsp3) is 0.0625. The van der Waals surface area contributed by atoms with Crippen LogP contribution in [0.2, 0.25) is 0 Å². The molecule has 0 radical (unpaired) electrons. The summed E-state index contributed by atoms with van der Waals surface area (Å²) in [5.41, 5.74) is 16.2. The topological polar surface area (TPSA) is 47.9 Å². The Labute approximate surface area is 303 Å². The van der Waals surface area contributed by atoms with Gasteiger partial charge in [-0.1, -0.05) is 121 Å². The molecule has 4 nitrogen and oxygen atoms in total. The molecule has 246 valence electrons. The standard InChI is InChI=1S/C48H33N3O/c1-30-25-36(29-49-28-30)32-19-21-33(22-20-32)37-13-10-16-42-46(37)38-27-35(47-50-31(2)26-43(51-47)34-11-4-3-5-12-34)23-24-39(38)48(42)40-14-6-8-17-44(40)52-45-18-9-7-15-41(45)48/h3-29H,1-2H3. The maximum absolute atomic E-state index is 6.61. The Balaban J connectivity index is 1.23. The molecule has 4 heteroatoms. The van der Waals surface area contributed by atoms with Gasteiger partial charge in [0, 0.05) is 45.9 Å². The van der Waals surface area contributed by atoms with E-state index >= 15 is 0 Å². The van der Waals surface area contributed by atoms with Gasteiger partial charge in [0.15, 0.2) is 5.82 Å². The van der Waals surface area contributed by atoms with Crippen molar-refractivity contribution in [1.29, 1.82) is 0 Å². The lowest BCUT2D eigenvalue weighted by molar-refractivity contribution is 0.436. The van der Waals surface area contributed by atoms with Crippen molar-refractivity contribution in [2.45, 2.75) is 19.3 Å². The predicted octanol–water partition coefficient (Wildman–Crippen LogP) is 11.6. The van der Waals surface area contributed by atoms with Crippen molar-refractivity contribution in [2.24, 2.45) is 0 Å². The maximum atomic E-state index is 6.61. The number of aromatic nitrogens is 3. The van der Waals surface area contributed by atoms with Crippen molar-refractivity contribution >= 4 is 0 Å². The summed E-state index contributed by atoms with van der Waals surface area (Å²) < 4.78 is 6.61. The average molecular weight is 668 g/mol. The molecule has 3 heterocycles. The summed E-state index contributed by atoms with van der Waals surface area (Å²) in [6, 6.07) is 54.0. The number of nitrogens with zero attached hydrogens (tertiary/aromatic N) is 3. The van der Waals surface area contributed by atoms with E-state index in [0.29, 0.717) is 5.82 Å². The number of rotatable bonds is 4. The summed E-state index contributed by atoms with van der Waals surface area (Å²) in [5.74, 6) is 2.46. The SMILES string of the molecule is Cc1cncc(-c2ccc(-c3cccc4c3-c3cc(-c5nc(C)cc(-c6ccccc6)n5)ccc3C43c4ccccc4Oc4ccccc43)cc2)c1. The Morgan fingerprint density at radius 1 is 0.462 bits per heavy atom. The first-order chi connectivity index (χ1) is 25.6. The summed E-state index contributed by atoms with van der Waals surface area (Å²) in [6.07, 6.45) is 3.82. The third-order valence-corrected chi connectivity index (χ3v) is 10.5. The van der Waals surface area contributed by atoms with Gasteiger partial charge in [-0.2, -0.15) is 0 Å². The van der Waals surface area contributed by atoms with Crippen molar-refractivity contribution in [3.05, 3.63) is 198 Å². The summed E-state index contributed by atoms with van der Waals surface area (Å²) in [6.45, 7) is 4.12. The second-order valence-corrected chi connectivity index (χ2v) is 13.7. The van der Waals surface area contributed by atoms with Gasteiger partial charge < -0.3 is 4.74 Å². The Hall–Kier alpha value is -6.65. The largest absolute Gasteiger partial charge is 0.457 e. The highest BCUT2D eigenvalue weighted by Gasteiger charge is 2.51. The average Bonchev–Trinajstić information content (AvgIpc) is 3.48. The zero-order valence-corrected chi connectivity index (χ0v) is 28.8. The van der Waals surface area contributed by atoms with Crippen LogP contribution in [-0.2, 0) is 5.41 Å². The Bertz CT molecular complexity index is 2630. The van der Waals surface area contributed by atoms with E-state index in [1.165, 1.54) is 27.8 Å². The zero-order chi connectivity index (χ0) is 34.8. The van der Waals surface area contributed by atoms with Crippen LogP contribution >= 0.6 is 0 Å². The summed E-state index contributed by atoms with van der Waals surface area (Å²) in [5, 5.41) is 0. The summed E-state index contributed by atoms with van der Waals surface area (Å²) >= 11 is 0.